The van der Waals surface area contributed by atoms with Crippen molar-refractivity contribution in [1.29, 1.82) is 0 Å². The Balaban J connectivity index is 1.89. The largest absolute Gasteiger partial charge is 0.474 e. The Morgan fingerprint density at radius 3 is 3.10 bits per heavy atom. The first kappa shape index (κ1) is 13.1. The number of nitrogens with zero attached hydrogens (tertiary/aromatic N) is 2. The van der Waals surface area contributed by atoms with E-state index in [-0.39, 0.29) is 12.1 Å². The van der Waals surface area contributed by atoms with Crippen LogP contribution in [0.4, 0.5) is 0 Å². The van der Waals surface area contributed by atoms with Crippen LogP contribution >= 0.6 is 0 Å². The molecule has 1 fully saturated rings. The quantitative estimate of drug-likeness (QED) is 0.928. The Labute approximate surface area is 118 Å². The third-order valence-electron chi connectivity index (χ3n) is 3.33. The number of hydrogen-bond acceptors (Lipinski definition) is 5. The maximum absolute atomic E-state index is 5.73. The highest BCUT2D eigenvalue weighted by Gasteiger charge is 2.22. The number of hydrogen-bond donors (Lipinski definition) is 1. The Morgan fingerprint density at radius 2 is 2.35 bits per heavy atom. The van der Waals surface area contributed by atoms with Crippen molar-refractivity contribution in [3.63, 3.8) is 0 Å². The third-order valence-corrected chi connectivity index (χ3v) is 3.33. The molecule has 0 amide bonds. The van der Waals surface area contributed by atoms with Gasteiger partial charge in [0.2, 0.25) is 5.88 Å². The molecule has 106 valence electrons. The summed E-state index contributed by atoms with van der Waals surface area (Å²) in [5.41, 5.74) is 1.65. The zero-order chi connectivity index (χ0) is 13.9. The zero-order valence-corrected chi connectivity index (χ0v) is 11.8. The van der Waals surface area contributed by atoms with Crippen LogP contribution in [-0.4, -0.2) is 22.8 Å². The summed E-state index contributed by atoms with van der Waals surface area (Å²) in [6, 6.07) is 6.09. The van der Waals surface area contributed by atoms with Gasteiger partial charge in [0.05, 0.1) is 17.7 Å². The van der Waals surface area contributed by atoms with Gasteiger partial charge in [-0.15, -0.1) is 0 Å². The lowest BCUT2D eigenvalue weighted by atomic mass is 10.1. The van der Waals surface area contributed by atoms with Gasteiger partial charge in [0.15, 0.2) is 5.76 Å². The summed E-state index contributed by atoms with van der Waals surface area (Å²) in [6.07, 6.45) is 4.07. The second kappa shape index (κ2) is 5.63. The van der Waals surface area contributed by atoms with Crippen molar-refractivity contribution >= 4 is 0 Å². The van der Waals surface area contributed by atoms with E-state index in [1.165, 1.54) is 6.42 Å². The molecule has 0 aromatic carbocycles. The molecular formula is C15H19N3O2. The van der Waals surface area contributed by atoms with Crippen LogP contribution in [0.2, 0.25) is 0 Å². The molecule has 0 bridgehead atoms. The number of ether oxygens (including phenoxy) is 1. The van der Waals surface area contributed by atoms with E-state index in [0.717, 1.165) is 30.0 Å². The van der Waals surface area contributed by atoms with Crippen LogP contribution in [0.15, 0.2) is 28.9 Å². The van der Waals surface area contributed by atoms with Crippen LogP contribution in [0.3, 0.4) is 0 Å². The summed E-state index contributed by atoms with van der Waals surface area (Å²) < 4.78 is 11.2. The summed E-state index contributed by atoms with van der Waals surface area (Å²) in [5.74, 6) is 1.48. The predicted octanol–water partition coefficient (Wildman–Crippen LogP) is 2.95. The molecule has 2 aromatic rings. The van der Waals surface area contributed by atoms with Crippen LogP contribution in [0.25, 0.3) is 11.3 Å². The fourth-order valence-electron chi connectivity index (χ4n) is 2.41. The normalized spacial score (nSPS) is 18.6. The highest BCUT2D eigenvalue weighted by atomic mass is 16.5. The van der Waals surface area contributed by atoms with Gasteiger partial charge in [0.25, 0.3) is 0 Å². The molecular weight excluding hydrogens is 254 g/mol. The topological polar surface area (TPSA) is 60.2 Å². The second-order valence-electron chi connectivity index (χ2n) is 5.29. The Kier molecular flexibility index (Phi) is 3.69. The molecule has 1 aliphatic rings. The van der Waals surface area contributed by atoms with Gasteiger partial charge in [-0.2, -0.15) is 0 Å². The first-order chi connectivity index (χ1) is 9.74. The molecule has 20 heavy (non-hydrogen) atoms. The lowest BCUT2D eigenvalue weighted by Gasteiger charge is -2.10. The highest BCUT2D eigenvalue weighted by Crippen LogP contribution is 2.31. The van der Waals surface area contributed by atoms with Crippen LogP contribution in [-0.2, 0) is 0 Å². The third kappa shape index (κ3) is 2.67. The van der Waals surface area contributed by atoms with Gasteiger partial charge in [-0.3, -0.25) is 0 Å². The van der Waals surface area contributed by atoms with Crippen molar-refractivity contribution in [3.05, 3.63) is 30.2 Å². The molecule has 1 aliphatic heterocycles. The Bertz CT molecular complexity index is 574. The summed E-state index contributed by atoms with van der Waals surface area (Å²) in [5, 5.41) is 7.57. The monoisotopic (exact) mass is 273 g/mol. The molecule has 0 spiro atoms. The molecule has 3 heterocycles. The van der Waals surface area contributed by atoms with Crippen molar-refractivity contribution in [2.75, 3.05) is 6.54 Å². The van der Waals surface area contributed by atoms with Crippen LogP contribution in [0, 0.1) is 0 Å². The molecule has 1 unspecified atom stereocenters. The molecule has 1 N–H and O–H groups in total. The standard InChI is InChI=1S/C15H19N3O2/c1-10(2)19-15-11(5-3-8-17-15)13-9-14(20-18-13)12-6-4-7-16-12/h3,5,8-10,12,16H,4,6-7H2,1-2H3. The average molecular weight is 273 g/mol. The second-order valence-corrected chi connectivity index (χ2v) is 5.29. The first-order valence-corrected chi connectivity index (χ1v) is 7.06. The van der Waals surface area contributed by atoms with Gasteiger partial charge >= 0.3 is 0 Å². The van der Waals surface area contributed by atoms with E-state index in [4.69, 9.17) is 9.26 Å². The van der Waals surface area contributed by atoms with E-state index in [9.17, 15) is 0 Å². The van der Waals surface area contributed by atoms with E-state index in [0.29, 0.717) is 5.88 Å². The summed E-state index contributed by atoms with van der Waals surface area (Å²) in [7, 11) is 0. The van der Waals surface area contributed by atoms with Crippen molar-refractivity contribution < 1.29 is 9.26 Å². The van der Waals surface area contributed by atoms with E-state index in [1.54, 1.807) is 6.20 Å². The molecule has 5 heteroatoms. The van der Waals surface area contributed by atoms with Gasteiger partial charge in [-0.1, -0.05) is 5.16 Å². The maximum Gasteiger partial charge on any atom is 0.223 e. The summed E-state index contributed by atoms with van der Waals surface area (Å²) in [6.45, 7) is 5.00. The van der Waals surface area contributed by atoms with Gasteiger partial charge < -0.3 is 14.6 Å². The van der Waals surface area contributed by atoms with Crippen LogP contribution in [0.1, 0.15) is 38.5 Å². The van der Waals surface area contributed by atoms with Crippen LogP contribution in [0.5, 0.6) is 5.88 Å². The SMILES string of the molecule is CC(C)Oc1ncccc1-c1cc(C2CCCN2)on1. The highest BCUT2D eigenvalue weighted by molar-refractivity contribution is 5.64. The first-order valence-electron chi connectivity index (χ1n) is 7.06. The maximum atomic E-state index is 5.73. The minimum absolute atomic E-state index is 0.0755. The molecule has 2 aromatic heterocycles. The number of rotatable bonds is 4. The van der Waals surface area contributed by atoms with Crippen molar-refractivity contribution in [2.24, 2.45) is 0 Å². The number of pyridine rings is 1. The zero-order valence-electron chi connectivity index (χ0n) is 11.8. The van der Waals surface area contributed by atoms with Crippen molar-refractivity contribution in [2.45, 2.75) is 38.8 Å². The smallest absolute Gasteiger partial charge is 0.223 e. The Hall–Kier alpha value is -1.88. The lowest BCUT2D eigenvalue weighted by molar-refractivity contribution is 0.233. The summed E-state index contributed by atoms with van der Waals surface area (Å²) in [4.78, 5) is 4.28. The van der Waals surface area contributed by atoms with Crippen molar-refractivity contribution in [1.82, 2.24) is 15.5 Å². The molecule has 5 nitrogen and oxygen atoms in total. The number of nitrogens with one attached hydrogen (secondary N) is 1. The van der Waals surface area contributed by atoms with Crippen LogP contribution < -0.4 is 10.1 Å². The molecule has 0 aliphatic carbocycles. The van der Waals surface area contributed by atoms with E-state index >= 15 is 0 Å². The van der Waals surface area contributed by atoms with Gasteiger partial charge in [-0.25, -0.2) is 4.98 Å². The minimum Gasteiger partial charge on any atom is -0.474 e. The summed E-state index contributed by atoms with van der Waals surface area (Å²) >= 11 is 0. The van der Waals surface area contributed by atoms with Gasteiger partial charge in [0.1, 0.15) is 5.69 Å². The van der Waals surface area contributed by atoms with Gasteiger partial charge in [0, 0.05) is 12.3 Å². The number of aromatic nitrogens is 2. The Morgan fingerprint density at radius 1 is 1.45 bits per heavy atom. The molecule has 1 saturated heterocycles. The van der Waals surface area contributed by atoms with Gasteiger partial charge in [-0.05, 0) is 45.4 Å². The molecule has 1 atom stereocenters. The predicted molar refractivity (Wildman–Crippen MR) is 75.5 cm³/mol. The average Bonchev–Trinajstić information content (AvgIpc) is 3.10. The van der Waals surface area contributed by atoms with Crippen molar-refractivity contribution in [3.8, 4) is 17.1 Å². The molecule has 3 rings (SSSR count). The fourth-order valence-corrected chi connectivity index (χ4v) is 2.41. The van der Waals surface area contributed by atoms with E-state index in [2.05, 4.69) is 15.5 Å². The molecule has 0 radical (unpaired) electrons. The van der Waals surface area contributed by atoms with E-state index in [1.807, 2.05) is 32.0 Å². The van der Waals surface area contributed by atoms with E-state index < -0.39 is 0 Å². The lowest BCUT2D eigenvalue weighted by Crippen LogP contribution is -2.11. The minimum atomic E-state index is 0.0755. The fraction of sp³-hybridized carbons (Fsp3) is 0.467. The molecule has 0 saturated carbocycles.